The number of aliphatic carboxylic acids is 1. The summed E-state index contributed by atoms with van der Waals surface area (Å²) in [5, 5.41) is 31.5. The van der Waals surface area contributed by atoms with E-state index in [1.165, 1.54) is 5.06 Å². The van der Waals surface area contributed by atoms with Gasteiger partial charge in [-0.2, -0.15) is 0 Å². The molecule has 0 aromatic heterocycles. The second-order valence-corrected chi connectivity index (χ2v) is 10.3. The summed E-state index contributed by atoms with van der Waals surface area (Å²) in [6.07, 6.45) is 1.81. The number of nitrogens with zero attached hydrogens (tertiary/aromatic N) is 2. The number of likely N-dealkylation sites (tertiary alicyclic amines) is 1. The minimum atomic E-state index is -0.985. The number of carbonyl (C=O) groups is 2. The zero-order valence-electron chi connectivity index (χ0n) is 23.7. The fourth-order valence-corrected chi connectivity index (χ4v) is 5.61. The molecule has 11 nitrogen and oxygen atoms in total. The summed E-state index contributed by atoms with van der Waals surface area (Å²) in [5.41, 5.74) is 1.86. The highest BCUT2D eigenvalue weighted by atomic mass is 16.7. The lowest BCUT2D eigenvalue weighted by Crippen LogP contribution is -2.45. The average Bonchev–Trinajstić information content (AvgIpc) is 3.60. The number of benzene rings is 2. The normalized spacial score (nSPS) is 19.9. The van der Waals surface area contributed by atoms with E-state index in [1.54, 1.807) is 24.3 Å². The van der Waals surface area contributed by atoms with Crippen LogP contribution in [-0.4, -0.2) is 82.8 Å². The van der Waals surface area contributed by atoms with Crippen molar-refractivity contribution in [1.82, 2.24) is 9.96 Å². The highest BCUT2D eigenvalue weighted by molar-refractivity contribution is 5.78. The first-order valence-corrected chi connectivity index (χ1v) is 14.2. The third-order valence-corrected chi connectivity index (χ3v) is 7.51. The van der Waals surface area contributed by atoms with Crippen LogP contribution in [0.25, 0.3) is 0 Å². The number of hydrogen-bond acceptors (Lipinski definition) is 9. The number of ether oxygens (including phenoxy) is 3. The lowest BCUT2D eigenvalue weighted by molar-refractivity contribution is -0.188. The van der Waals surface area contributed by atoms with Gasteiger partial charge in [0.2, 0.25) is 6.79 Å². The number of aliphatic hydroxyl groups excluding tert-OH is 2. The molecule has 11 heteroatoms. The number of hydroxylamine groups is 2. The molecule has 1 saturated heterocycles. The fraction of sp³-hybridized carbons (Fsp3) is 0.533. The van der Waals surface area contributed by atoms with Gasteiger partial charge in [-0.05, 0) is 43.0 Å². The van der Waals surface area contributed by atoms with Crippen molar-refractivity contribution in [2.24, 2.45) is 5.92 Å². The monoisotopic (exact) mass is 572 g/mol. The maximum atomic E-state index is 13.4. The minimum absolute atomic E-state index is 0.0146. The van der Waals surface area contributed by atoms with E-state index in [-0.39, 0.29) is 39.1 Å². The molecule has 0 spiro atoms. The van der Waals surface area contributed by atoms with Crippen LogP contribution in [0.3, 0.4) is 0 Å². The molecule has 2 aliphatic rings. The molecule has 0 unspecified atom stereocenters. The van der Waals surface area contributed by atoms with E-state index in [0.717, 1.165) is 12.8 Å². The molecule has 3 atom stereocenters. The number of carbonyl (C=O) groups excluding carboxylic acids is 1. The second kappa shape index (κ2) is 14.5. The van der Waals surface area contributed by atoms with Gasteiger partial charge in [0.25, 0.3) is 5.91 Å². The van der Waals surface area contributed by atoms with E-state index >= 15 is 0 Å². The van der Waals surface area contributed by atoms with Crippen molar-refractivity contribution in [3.63, 3.8) is 0 Å². The molecule has 3 N–H and O–H groups in total. The SMILES string of the molecule is CCCON(CCC)C(=O)CN1C[C@H](c2cc(CO)c3c(c2)OCO3)[C@@H](C(=O)O)[C@@H]1CCOc1ccccc1CO. The molecule has 0 aliphatic carbocycles. The molecular weight excluding hydrogens is 532 g/mol. The molecule has 0 bridgehead atoms. The second-order valence-electron chi connectivity index (χ2n) is 10.3. The third-order valence-electron chi connectivity index (χ3n) is 7.51. The molecule has 0 saturated carbocycles. The summed E-state index contributed by atoms with van der Waals surface area (Å²) < 4.78 is 17.0. The largest absolute Gasteiger partial charge is 0.493 e. The Bertz CT molecular complexity index is 1190. The number of aliphatic hydroxyl groups is 2. The Morgan fingerprint density at radius 2 is 1.83 bits per heavy atom. The Morgan fingerprint density at radius 1 is 1.05 bits per heavy atom. The predicted molar refractivity (Wildman–Crippen MR) is 148 cm³/mol. The van der Waals surface area contributed by atoms with E-state index in [2.05, 4.69) is 0 Å². The van der Waals surface area contributed by atoms with Crippen LogP contribution in [0.15, 0.2) is 36.4 Å². The van der Waals surface area contributed by atoms with Gasteiger partial charge < -0.3 is 29.5 Å². The van der Waals surface area contributed by atoms with Crippen LogP contribution >= 0.6 is 0 Å². The Morgan fingerprint density at radius 3 is 2.54 bits per heavy atom. The van der Waals surface area contributed by atoms with Crippen LogP contribution in [0.1, 0.15) is 55.7 Å². The summed E-state index contributed by atoms with van der Waals surface area (Å²) in [6.45, 7) is 4.82. The Labute approximate surface area is 240 Å². The highest BCUT2D eigenvalue weighted by Gasteiger charge is 2.47. The van der Waals surface area contributed by atoms with Crippen molar-refractivity contribution in [2.45, 2.75) is 58.3 Å². The lowest BCUT2D eigenvalue weighted by Gasteiger charge is -2.29. The van der Waals surface area contributed by atoms with E-state index in [0.29, 0.717) is 60.1 Å². The van der Waals surface area contributed by atoms with Crippen LogP contribution < -0.4 is 14.2 Å². The number of rotatable bonds is 15. The molecular formula is C30H40N2O9. The van der Waals surface area contributed by atoms with Crippen LogP contribution in [0.5, 0.6) is 17.2 Å². The number of carboxylic acid groups (broad SMARTS) is 1. The molecule has 2 heterocycles. The molecule has 2 aromatic carbocycles. The fourth-order valence-electron chi connectivity index (χ4n) is 5.61. The molecule has 2 aromatic rings. The van der Waals surface area contributed by atoms with Gasteiger partial charge in [-0.3, -0.25) is 19.3 Å². The Balaban J connectivity index is 1.62. The average molecular weight is 573 g/mol. The molecule has 224 valence electrons. The van der Waals surface area contributed by atoms with Crippen molar-refractivity contribution in [3.8, 4) is 17.2 Å². The van der Waals surface area contributed by atoms with Gasteiger partial charge in [0.15, 0.2) is 11.5 Å². The van der Waals surface area contributed by atoms with Gasteiger partial charge in [0.1, 0.15) is 5.75 Å². The van der Waals surface area contributed by atoms with Gasteiger partial charge in [-0.1, -0.05) is 32.0 Å². The maximum absolute atomic E-state index is 13.4. The first-order valence-electron chi connectivity index (χ1n) is 14.2. The highest BCUT2D eigenvalue weighted by Crippen LogP contribution is 2.44. The van der Waals surface area contributed by atoms with Crippen molar-refractivity contribution in [2.75, 3.05) is 39.6 Å². The van der Waals surface area contributed by atoms with Gasteiger partial charge in [-0.15, -0.1) is 0 Å². The number of carboxylic acids is 1. The molecule has 1 fully saturated rings. The van der Waals surface area contributed by atoms with Crippen LogP contribution in [0.4, 0.5) is 0 Å². The van der Waals surface area contributed by atoms with E-state index in [1.807, 2.05) is 30.9 Å². The molecule has 4 rings (SSSR count). The predicted octanol–water partition coefficient (Wildman–Crippen LogP) is 2.92. The molecule has 41 heavy (non-hydrogen) atoms. The number of hydrogen-bond donors (Lipinski definition) is 3. The number of para-hydroxylation sites is 1. The van der Waals surface area contributed by atoms with Crippen LogP contribution in [0.2, 0.25) is 0 Å². The quantitative estimate of drug-likeness (QED) is 0.273. The summed E-state index contributed by atoms with van der Waals surface area (Å²) in [6, 6.07) is 10.1. The van der Waals surface area contributed by atoms with Crippen molar-refractivity contribution < 1.29 is 44.0 Å². The zero-order valence-corrected chi connectivity index (χ0v) is 23.7. The topological polar surface area (TPSA) is 138 Å². The molecule has 1 amide bonds. The number of amides is 1. The minimum Gasteiger partial charge on any atom is -0.493 e. The third kappa shape index (κ3) is 7.10. The smallest absolute Gasteiger partial charge is 0.308 e. The van der Waals surface area contributed by atoms with E-state index < -0.39 is 23.8 Å². The van der Waals surface area contributed by atoms with Gasteiger partial charge >= 0.3 is 5.97 Å². The lowest BCUT2D eigenvalue weighted by atomic mass is 9.83. The Hall–Kier alpha value is -3.38. The van der Waals surface area contributed by atoms with Crippen molar-refractivity contribution in [3.05, 3.63) is 53.1 Å². The number of fused-ring (bicyclic) bond motifs is 1. The molecule has 2 aliphatic heterocycles. The van der Waals surface area contributed by atoms with E-state index in [9.17, 15) is 24.9 Å². The standard InChI is InChI=1S/C30H40N2O9/c1-3-10-32(41-11-4-2)27(35)16-31-15-23(21-13-22(18-34)29-26(14-21)39-19-40-29)28(30(36)37)24(31)9-12-38-25-8-6-5-7-20(25)17-33/h5-8,13-14,23-24,28,33-34H,3-4,9-12,15-19H2,1-2H3,(H,36,37)/t23-,24+,28-/m1/s1. The zero-order chi connectivity index (χ0) is 29.4. The van der Waals surface area contributed by atoms with Crippen molar-refractivity contribution in [1.29, 1.82) is 0 Å². The van der Waals surface area contributed by atoms with Crippen LogP contribution in [-0.2, 0) is 27.6 Å². The van der Waals surface area contributed by atoms with Gasteiger partial charge in [-0.25, -0.2) is 5.06 Å². The maximum Gasteiger partial charge on any atom is 0.308 e. The first-order chi connectivity index (χ1) is 19.9. The van der Waals surface area contributed by atoms with Gasteiger partial charge in [0, 0.05) is 36.2 Å². The van der Waals surface area contributed by atoms with Crippen molar-refractivity contribution >= 4 is 11.9 Å². The summed E-state index contributed by atoms with van der Waals surface area (Å²) in [5.74, 6) is -1.10. The van der Waals surface area contributed by atoms with E-state index in [4.69, 9.17) is 19.0 Å². The summed E-state index contributed by atoms with van der Waals surface area (Å²) in [7, 11) is 0. The summed E-state index contributed by atoms with van der Waals surface area (Å²) >= 11 is 0. The molecule has 0 radical (unpaired) electrons. The first kappa shape index (κ1) is 30.6. The van der Waals surface area contributed by atoms with Crippen LogP contribution in [0, 0.1) is 5.92 Å². The Kier molecular flexibility index (Phi) is 10.8. The summed E-state index contributed by atoms with van der Waals surface area (Å²) in [4.78, 5) is 33.8. The van der Waals surface area contributed by atoms with Gasteiger partial charge in [0.05, 0.1) is 38.9 Å².